The summed E-state index contributed by atoms with van der Waals surface area (Å²) in [5.41, 5.74) is 3.80. The van der Waals surface area contributed by atoms with Gasteiger partial charge in [0.1, 0.15) is 11.5 Å². The molecule has 0 bridgehead atoms. The van der Waals surface area contributed by atoms with Crippen LogP contribution in [-0.2, 0) is 15.3 Å². The zero-order chi connectivity index (χ0) is 28.4. The molecule has 1 N–H and O–H groups in total. The minimum atomic E-state index is -0.898. The van der Waals surface area contributed by atoms with Crippen molar-refractivity contribution in [3.63, 3.8) is 0 Å². The number of amides is 1. The maximum absolute atomic E-state index is 13.5. The molecule has 40 heavy (non-hydrogen) atoms. The highest BCUT2D eigenvalue weighted by atomic mass is 35.5. The Bertz CT molecular complexity index is 1620. The number of carbonyl (C=O) groups excluding carboxylic acids is 2. The number of aromatic nitrogens is 2. The Morgan fingerprint density at radius 1 is 1.07 bits per heavy atom. The minimum absolute atomic E-state index is 0.00308. The highest BCUT2D eigenvalue weighted by Gasteiger charge is 2.48. The molecule has 1 aromatic heterocycles. The lowest BCUT2D eigenvalue weighted by molar-refractivity contribution is -0.132. The third-order valence-corrected chi connectivity index (χ3v) is 8.98. The third-order valence-electron chi connectivity index (χ3n) is 6.51. The minimum Gasteiger partial charge on any atom is -0.507 e. The van der Waals surface area contributed by atoms with Crippen LogP contribution in [0.1, 0.15) is 40.8 Å². The van der Waals surface area contributed by atoms with Gasteiger partial charge in [0.2, 0.25) is 5.13 Å². The predicted octanol–water partition coefficient (Wildman–Crippen LogP) is 7.13. The average molecular weight is 592 g/mol. The van der Waals surface area contributed by atoms with Crippen molar-refractivity contribution in [2.45, 2.75) is 36.9 Å². The Balaban J connectivity index is 1.57. The molecule has 10 heteroatoms. The molecule has 5 rings (SSSR count). The fourth-order valence-corrected chi connectivity index (χ4v) is 6.66. The summed E-state index contributed by atoms with van der Waals surface area (Å²) in [5, 5.41) is 21.0. The van der Waals surface area contributed by atoms with Crippen molar-refractivity contribution >= 4 is 57.3 Å². The third kappa shape index (κ3) is 5.50. The van der Waals surface area contributed by atoms with Crippen LogP contribution < -0.4 is 9.64 Å². The highest BCUT2D eigenvalue weighted by molar-refractivity contribution is 8.00. The molecular formula is C30H26ClN3O4S2. The monoisotopic (exact) mass is 591 g/mol. The van der Waals surface area contributed by atoms with Gasteiger partial charge < -0.3 is 9.84 Å². The lowest BCUT2D eigenvalue weighted by Gasteiger charge is -2.23. The van der Waals surface area contributed by atoms with E-state index in [4.69, 9.17) is 16.3 Å². The molecule has 0 saturated carbocycles. The number of Topliss-reactive ketones (excluding diaryl/α,β-unsaturated/α-hetero) is 1. The van der Waals surface area contributed by atoms with Crippen molar-refractivity contribution in [1.29, 1.82) is 0 Å². The van der Waals surface area contributed by atoms with E-state index in [-0.39, 0.29) is 16.5 Å². The summed E-state index contributed by atoms with van der Waals surface area (Å²) in [4.78, 5) is 28.3. The quantitative estimate of drug-likeness (QED) is 0.0766. The van der Waals surface area contributed by atoms with Gasteiger partial charge in [-0.2, -0.15) is 0 Å². The summed E-state index contributed by atoms with van der Waals surface area (Å²) >= 11 is 8.94. The molecule has 3 aromatic carbocycles. The Morgan fingerprint density at radius 3 is 2.55 bits per heavy atom. The molecular weight excluding hydrogens is 566 g/mol. The molecule has 1 aliphatic rings. The Labute approximate surface area is 245 Å². The van der Waals surface area contributed by atoms with E-state index in [2.05, 4.69) is 10.2 Å². The van der Waals surface area contributed by atoms with Crippen LogP contribution in [0.3, 0.4) is 0 Å². The van der Waals surface area contributed by atoms with Crippen molar-refractivity contribution in [3.05, 3.63) is 105 Å². The molecule has 1 amide bonds. The number of hydrogen-bond acceptors (Lipinski definition) is 8. The van der Waals surface area contributed by atoms with E-state index in [9.17, 15) is 14.7 Å². The maximum atomic E-state index is 13.5. The first-order valence-electron chi connectivity index (χ1n) is 12.6. The van der Waals surface area contributed by atoms with E-state index >= 15 is 0 Å². The van der Waals surface area contributed by atoms with Crippen LogP contribution in [0, 0.1) is 13.8 Å². The number of rotatable bonds is 8. The van der Waals surface area contributed by atoms with E-state index < -0.39 is 17.7 Å². The Hall–Kier alpha value is -3.66. The smallest absolute Gasteiger partial charge is 0.301 e. The lowest BCUT2D eigenvalue weighted by Crippen LogP contribution is -2.29. The SMILES string of the molecule is CCOc1ccc(C2C(=C(O)c3cc(C)ccc3C)C(=O)C(=O)N2c2nnc(SCc3ccccc3Cl)s2)cc1. The van der Waals surface area contributed by atoms with Gasteiger partial charge in [-0.05, 0) is 61.7 Å². The number of ketones is 1. The van der Waals surface area contributed by atoms with Crippen LogP contribution >= 0.6 is 34.7 Å². The molecule has 0 spiro atoms. The van der Waals surface area contributed by atoms with Crippen molar-refractivity contribution in [2.75, 3.05) is 11.5 Å². The number of anilines is 1. The van der Waals surface area contributed by atoms with Gasteiger partial charge in [-0.15, -0.1) is 10.2 Å². The summed E-state index contributed by atoms with van der Waals surface area (Å²) in [6, 6.07) is 19.4. The van der Waals surface area contributed by atoms with Crippen molar-refractivity contribution in [3.8, 4) is 5.75 Å². The van der Waals surface area contributed by atoms with Gasteiger partial charge in [0.15, 0.2) is 4.34 Å². The number of aliphatic hydroxyl groups excluding tert-OH is 1. The molecule has 7 nitrogen and oxygen atoms in total. The Kier molecular flexibility index (Phi) is 8.25. The molecule has 1 saturated heterocycles. The molecule has 1 unspecified atom stereocenters. The first-order valence-corrected chi connectivity index (χ1v) is 14.8. The average Bonchev–Trinajstić information content (AvgIpc) is 3.52. The van der Waals surface area contributed by atoms with Gasteiger partial charge in [0.05, 0.1) is 18.2 Å². The second-order valence-electron chi connectivity index (χ2n) is 9.22. The second-order valence-corrected chi connectivity index (χ2v) is 11.8. The largest absolute Gasteiger partial charge is 0.507 e. The zero-order valence-electron chi connectivity index (χ0n) is 22.1. The number of benzene rings is 3. The number of ether oxygens (including phenoxy) is 1. The predicted molar refractivity (Wildman–Crippen MR) is 159 cm³/mol. The molecule has 0 aliphatic carbocycles. The first kappa shape index (κ1) is 27.9. The van der Waals surface area contributed by atoms with Crippen molar-refractivity contribution in [1.82, 2.24) is 10.2 Å². The normalized spacial score (nSPS) is 16.5. The summed E-state index contributed by atoms with van der Waals surface area (Å²) in [6.45, 7) is 6.15. The lowest BCUT2D eigenvalue weighted by atomic mass is 9.93. The van der Waals surface area contributed by atoms with E-state index in [1.165, 1.54) is 28.0 Å². The first-order chi connectivity index (χ1) is 19.3. The molecule has 2 heterocycles. The molecule has 0 radical (unpaired) electrons. The topological polar surface area (TPSA) is 92.6 Å². The molecule has 4 aromatic rings. The van der Waals surface area contributed by atoms with Gasteiger partial charge in [0, 0.05) is 16.3 Å². The van der Waals surface area contributed by atoms with Gasteiger partial charge in [-0.1, -0.05) is 82.7 Å². The van der Waals surface area contributed by atoms with Crippen LogP contribution in [0.25, 0.3) is 5.76 Å². The van der Waals surface area contributed by atoms with Gasteiger partial charge in [0.25, 0.3) is 5.78 Å². The summed E-state index contributed by atoms with van der Waals surface area (Å²) < 4.78 is 6.21. The maximum Gasteiger partial charge on any atom is 0.301 e. The number of aryl methyl sites for hydroxylation is 2. The van der Waals surface area contributed by atoms with Gasteiger partial charge >= 0.3 is 5.91 Å². The number of halogens is 1. The molecule has 1 aliphatic heterocycles. The van der Waals surface area contributed by atoms with Crippen molar-refractivity contribution < 1.29 is 19.4 Å². The van der Waals surface area contributed by atoms with Crippen LogP contribution in [0.5, 0.6) is 5.75 Å². The van der Waals surface area contributed by atoms with Crippen LogP contribution in [0.15, 0.2) is 76.6 Å². The standard InChI is InChI=1S/C30H26ClN3O4S2/c1-4-38-21-13-11-19(12-14-21)25-24(26(35)22-15-17(2)9-10-18(22)3)27(36)28(37)34(25)29-32-33-30(40-29)39-16-20-7-5-6-8-23(20)31/h5-15,25,35H,4,16H2,1-3H3. The van der Waals surface area contributed by atoms with Crippen LogP contribution in [-0.4, -0.2) is 33.6 Å². The molecule has 204 valence electrons. The van der Waals surface area contributed by atoms with E-state index in [1.54, 1.807) is 24.3 Å². The second kappa shape index (κ2) is 11.8. The number of aliphatic hydroxyl groups is 1. The highest BCUT2D eigenvalue weighted by Crippen LogP contribution is 2.44. The fourth-order valence-electron chi connectivity index (χ4n) is 4.51. The van der Waals surface area contributed by atoms with E-state index in [0.717, 1.165) is 16.7 Å². The summed E-state index contributed by atoms with van der Waals surface area (Å²) in [7, 11) is 0. The Morgan fingerprint density at radius 2 is 1.82 bits per heavy atom. The number of carbonyl (C=O) groups is 2. The number of hydrogen-bond donors (Lipinski definition) is 1. The number of nitrogens with zero attached hydrogens (tertiary/aromatic N) is 3. The molecule has 1 fully saturated rings. The van der Waals surface area contributed by atoms with Gasteiger partial charge in [-0.25, -0.2) is 0 Å². The van der Waals surface area contributed by atoms with Crippen LogP contribution in [0.4, 0.5) is 5.13 Å². The summed E-state index contributed by atoms with van der Waals surface area (Å²) in [5.74, 6) is -0.546. The summed E-state index contributed by atoms with van der Waals surface area (Å²) in [6.07, 6.45) is 0. The molecule has 1 atom stereocenters. The van der Waals surface area contributed by atoms with E-state index in [0.29, 0.717) is 38.6 Å². The number of thioether (sulfide) groups is 1. The zero-order valence-corrected chi connectivity index (χ0v) is 24.4. The fraction of sp³-hybridized carbons (Fsp3) is 0.200. The van der Waals surface area contributed by atoms with Crippen molar-refractivity contribution in [2.24, 2.45) is 0 Å². The van der Waals surface area contributed by atoms with Gasteiger partial charge in [-0.3, -0.25) is 14.5 Å². The van der Waals surface area contributed by atoms with E-state index in [1.807, 2.05) is 63.2 Å². The van der Waals surface area contributed by atoms with Crippen LogP contribution in [0.2, 0.25) is 5.02 Å².